The third kappa shape index (κ3) is 2.72. The van der Waals surface area contributed by atoms with E-state index in [-0.39, 0.29) is 0 Å². The van der Waals surface area contributed by atoms with Gasteiger partial charge < -0.3 is 15.8 Å². The Balaban J connectivity index is 1.56. The highest BCUT2D eigenvalue weighted by Gasteiger charge is 2.25. The summed E-state index contributed by atoms with van der Waals surface area (Å²) in [7, 11) is 0. The summed E-state index contributed by atoms with van der Waals surface area (Å²) in [5.41, 5.74) is 5.72. The van der Waals surface area contributed by atoms with E-state index in [4.69, 9.17) is 10.5 Å². The number of hydrogen-bond acceptors (Lipinski definition) is 3. The highest BCUT2D eigenvalue weighted by atomic mass is 16.5. The first-order chi connectivity index (χ1) is 6.84. The van der Waals surface area contributed by atoms with E-state index in [1.807, 2.05) is 0 Å². The topological polar surface area (TPSA) is 47.3 Å². The van der Waals surface area contributed by atoms with Crippen molar-refractivity contribution in [2.75, 3.05) is 19.7 Å². The van der Waals surface area contributed by atoms with Gasteiger partial charge in [-0.25, -0.2) is 0 Å². The fourth-order valence-corrected chi connectivity index (χ4v) is 2.09. The van der Waals surface area contributed by atoms with Crippen LogP contribution in [0.5, 0.6) is 0 Å². The lowest BCUT2D eigenvalue weighted by Crippen LogP contribution is -2.41. The zero-order valence-corrected chi connectivity index (χ0v) is 8.67. The number of nitrogens with one attached hydrogen (secondary N) is 1. The standard InChI is InChI=1S/C11H20N2O/c12-10-5-9(6-10)7-13-8-11-3-1-2-4-14-11/h3,9-10,13H,1-2,4-8,12H2. The fourth-order valence-electron chi connectivity index (χ4n) is 2.09. The number of rotatable bonds is 4. The van der Waals surface area contributed by atoms with Crippen molar-refractivity contribution < 1.29 is 4.74 Å². The number of ether oxygens (including phenoxy) is 1. The van der Waals surface area contributed by atoms with Gasteiger partial charge in [-0.2, -0.15) is 0 Å². The average Bonchev–Trinajstić information content (AvgIpc) is 2.17. The molecule has 80 valence electrons. The molecule has 0 aromatic rings. The predicted octanol–water partition coefficient (Wildman–Crippen LogP) is 1.01. The minimum Gasteiger partial charge on any atom is -0.497 e. The highest BCUT2D eigenvalue weighted by Crippen LogP contribution is 2.24. The van der Waals surface area contributed by atoms with E-state index in [0.29, 0.717) is 6.04 Å². The molecule has 1 fully saturated rings. The summed E-state index contributed by atoms with van der Waals surface area (Å²) in [6.07, 6.45) is 6.91. The zero-order valence-electron chi connectivity index (χ0n) is 8.67. The number of hydrogen-bond donors (Lipinski definition) is 2. The van der Waals surface area contributed by atoms with Crippen LogP contribution in [-0.2, 0) is 4.74 Å². The van der Waals surface area contributed by atoms with Crippen LogP contribution >= 0.6 is 0 Å². The van der Waals surface area contributed by atoms with E-state index in [2.05, 4.69) is 11.4 Å². The smallest absolute Gasteiger partial charge is 0.106 e. The Kier molecular flexibility index (Phi) is 3.43. The molecular formula is C11H20N2O. The molecule has 0 spiro atoms. The van der Waals surface area contributed by atoms with Gasteiger partial charge in [0.1, 0.15) is 5.76 Å². The molecule has 1 aliphatic carbocycles. The minimum absolute atomic E-state index is 0.465. The van der Waals surface area contributed by atoms with Gasteiger partial charge in [0.05, 0.1) is 13.2 Å². The first kappa shape index (κ1) is 9.99. The van der Waals surface area contributed by atoms with Gasteiger partial charge in [0, 0.05) is 6.04 Å². The second kappa shape index (κ2) is 4.80. The van der Waals surface area contributed by atoms with Gasteiger partial charge in [0.25, 0.3) is 0 Å². The van der Waals surface area contributed by atoms with Crippen LogP contribution in [0.3, 0.4) is 0 Å². The van der Waals surface area contributed by atoms with Gasteiger partial charge in [-0.1, -0.05) is 0 Å². The molecule has 2 aliphatic rings. The van der Waals surface area contributed by atoms with Crippen LogP contribution in [0.4, 0.5) is 0 Å². The molecule has 0 saturated heterocycles. The van der Waals surface area contributed by atoms with Gasteiger partial charge in [-0.15, -0.1) is 0 Å². The Hall–Kier alpha value is -0.540. The van der Waals surface area contributed by atoms with Gasteiger partial charge in [0.15, 0.2) is 0 Å². The molecule has 3 heteroatoms. The van der Waals surface area contributed by atoms with E-state index in [1.54, 1.807) is 0 Å². The SMILES string of the molecule is NC1CC(CNCC2=CCCCO2)C1. The lowest BCUT2D eigenvalue weighted by atomic mass is 9.81. The van der Waals surface area contributed by atoms with Crippen molar-refractivity contribution in [2.24, 2.45) is 11.7 Å². The first-order valence-electron chi connectivity index (χ1n) is 5.62. The van der Waals surface area contributed by atoms with Crippen LogP contribution in [-0.4, -0.2) is 25.7 Å². The molecule has 1 saturated carbocycles. The lowest BCUT2D eigenvalue weighted by molar-refractivity contribution is 0.182. The van der Waals surface area contributed by atoms with Crippen molar-refractivity contribution in [2.45, 2.75) is 31.7 Å². The average molecular weight is 196 g/mol. The van der Waals surface area contributed by atoms with Crippen LogP contribution in [0, 0.1) is 5.92 Å². The van der Waals surface area contributed by atoms with Crippen molar-refractivity contribution in [1.29, 1.82) is 0 Å². The Morgan fingerprint density at radius 1 is 1.50 bits per heavy atom. The van der Waals surface area contributed by atoms with Crippen LogP contribution in [0.1, 0.15) is 25.7 Å². The molecule has 1 aliphatic heterocycles. The van der Waals surface area contributed by atoms with Crippen LogP contribution in [0.15, 0.2) is 11.8 Å². The van der Waals surface area contributed by atoms with Crippen molar-refractivity contribution >= 4 is 0 Å². The van der Waals surface area contributed by atoms with Crippen molar-refractivity contribution in [3.63, 3.8) is 0 Å². The Morgan fingerprint density at radius 3 is 3.00 bits per heavy atom. The molecule has 0 radical (unpaired) electrons. The van der Waals surface area contributed by atoms with Gasteiger partial charge in [-0.3, -0.25) is 0 Å². The Labute approximate surface area is 85.7 Å². The van der Waals surface area contributed by atoms with Gasteiger partial charge in [0.2, 0.25) is 0 Å². The summed E-state index contributed by atoms with van der Waals surface area (Å²) in [5, 5.41) is 3.43. The maximum absolute atomic E-state index is 5.72. The molecule has 0 aromatic carbocycles. The van der Waals surface area contributed by atoms with Crippen LogP contribution in [0.25, 0.3) is 0 Å². The summed E-state index contributed by atoms with van der Waals surface area (Å²) in [4.78, 5) is 0. The van der Waals surface area contributed by atoms with Crippen molar-refractivity contribution in [3.8, 4) is 0 Å². The summed E-state index contributed by atoms with van der Waals surface area (Å²) in [6, 6.07) is 0.465. The van der Waals surface area contributed by atoms with E-state index in [0.717, 1.165) is 31.4 Å². The second-order valence-electron chi connectivity index (χ2n) is 4.39. The third-order valence-corrected chi connectivity index (χ3v) is 3.01. The summed E-state index contributed by atoms with van der Waals surface area (Å²) >= 11 is 0. The Morgan fingerprint density at radius 2 is 2.36 bits per heavy atom. The van der Waals surface area contributed by atoms with Crippen LogP contribution in [0.2, 0.25) is 0 Å². The molecule has 3 N–H and O–H groups in total. The molecule has 0 unspecified atom stereocenters. The van der Waals surface area contributed by atoms with Crippen molar-refractivity contribution in [3.05, 3.63) is 11.8 Å². The molecule has 0 atom stereocenters. The van der Waals surface area contributed by atoms with Gasteiger partial charge >= 0.3 is 0 Å². The minimum atomic E-state index is 0.465. The molecular weight excluding hydrogens is 176 g/mol. The monoisotopic (exact) mass is 196 g/mol. The molecule has 0 bridgehead atoms. The van der Waals surface area contributed by atoms with Crippen LogP contribution < -0.4 is 11.1 Å². The summed E-state index contributed by atoms with van der Waals surface area (Å²) in [6.45, 7) is 2.88. The molecule has 0 aromatic heterocycles. The molecule has 14 heavy (non-hydrogen) atoms. The highest BCUT2D eigenvalue weighted by molar-refractivity contribution is 4.98. The number of nitrogens with two attached hydrogens (primary N) is 1. The van der Waals surface area contributed by atoms with E-state index < -0.39 is 0 Å². The van der Waals surface area contributed by atoms with E-state index >= 15 is 0 Å². The van der Waals surface area contributed by atoms with E-state index in [1.165, 1.54) is 25.7 Å². The molecule has 3 nitrogen and oxygen atoms in total. The lowest BCUT2D eigenvalue weighted by Gasteiger charge is -2.32. The molecule has 2 rings (SSSR count). The summed E-state index contributed by atoms with van der Waals surface area (Å²) < 4.78 is 5.51. The molecule has 1 heterocycles. The predicted molar refractivity (Wildman–Crippen MR) is 56.8 cm³/mol. The molecule has 0 amide bonds. The maximum atomic E-state index is 5.72. The first-order valence-corrected chi connectivity index (χ1v) is 5.62. The Bertz CT molecular complexity index is 209. The summed E-state index contributed by atoms with van der Waals surface area (Å²) in [5.74, 6) is 1.93. The fraction of sp³-hybridized carbons (Fsp3) is 0.818. The maximum Gasteiger partial charge on any atom is 0.106 e. The van der Waals surface area contributed by atoms with E-state index in [9.17, 15) is 0 Å². The van der Waals surface area contributed by atoms with Gasteiger partial charge in [-0.05, 0) is 44.2 Å². The zero-order chi connectivity index (χ0) is 9.80. The van der Waals surface area contributed by atoms with Crippen molar-refractivity contribution in [1.82, 2.24) is 5.32 Å². The quantitative estimate of drug-likeness (QED) is 0.705. The normalized spacial score (nSPS) is 31.6. The number of allylic oxidation sites excluding steroid dienone is 1. The third-order valence-electron chi connectivity index (χ3n) is 3.01. The largest absolute Gasteiger partial charge is 0.497 e. The second-order valence-corrected chi connectivity index (χ2v) is 4.39.